The van der Waals surface area contributed by atoms with Crippen molar-refractivity contribution in [1.82, 2.24) is 10.6 Å². The Morgan fingerprint density at radius 2 is 1.95 bits per heavy atom. The minimum atomic E-state index is -0.410. The quantitative estimate of drug-likeness (QED) is 0.186. The first-order valence-corrected chi connectivity index (χ1v) is 6.81. The summed E-state index contributed by atoms with van der Waals surface area (Å²) in [5, 5.41) is 17.0. The van der Waals surface area contributed by atoms with Crippen molar-refractivity contribution in [2.24, 2.45) is 4.99 Å². The molecule has 0 aliphatic carbocycles. The molecule has 0 saturated heterocycles. The van der Waals surface area contributed by atoms with Crippen molar-refractivity contribution < 1.29 is 4.92 Å². The van der Waals surface area contributed by atoms with Gasteiger partial charge in [-0.25, -0.2) is 4.99 Å². The average molecular weight is 418 g/mol. The number of nitro groups is 1. The second kappa shape index (κ2) is 10.1. The van der Waals surface area contributed by atoms with Gasteiger partial charge in [0.05, 0.1) is 11.5 Å². The summed E-state index contributed by atoms with van der Waals surface area (Å²) in [7, 11) is 0. The number of nitrogens with one attached hydrogen (secondary N) is 2. The highest BCUT2D eigenvalue weighted by molar-refractivity contribution is 14.0. The van der Waals surface area contributed by atoms with Gasteiger partial charge in [-0.3, -0.25) is 10.1 Å². The number of aliphatic imine (C=N–C) groups is 1. The Kier molecular flexibility index (Phi) is 9.39. The van der Waals surface area contributed by atoms with E-state index in [0.717, 1.165) is 11.1 Å². The number of nitro benzene ring substituents is 1. The molecular weight excluding hydrogens is 395 g/mol. The third-order valence-corrected chi connectivity index (χ3v) is 2.55. The smallest absolute Gasteiger partial charge is 0.269 e. The highest BCUT2D eigenvalue weighted by atomic mass is 127. The summed E-state index contributed by atoms with van der Waals surface area (Å²) in [5.74, 6) is 0.700. The van der Waals surface area contributed by atoms with Crippen molar-refractivity contribution in [3.05, 3.63) is 52.1 Å². The Morgan fingerprint density at radius 3 is 2.41 bits per heavy atom. The van der Waals surface area contributed by atoms with E-state index >= 15 is 0 Å². The SMILES string of the molecule is C=C(C)CNC(=NCc1ccc([N+](=O)[O-])cc1)NC(C)C.I. The molecule has 0 heterocycles. The average Bonchev–Trinajstić information content (AvgIpc) is 2.41. The van der Waals surface area contributed by atoms with Crippen LogP contribution in [-0.4, -0.2) is 23.5 Å². The standard InChI is InChI=1S/C15H22N4O2.HI/c1-11(2)9-16-15(18-12(3)4)17-10-13-5-7-14(8-6-13)19(20)21;/h5-8,12H,1,9-10H2,2-4H3,(H2,16,17,18);1H. The number of guanidine groups is 1. The van der Waals surface area contributed by atoms with Crippen molar-refractivity contribution in [2.75, 3.05) is 6.54 Å². The van der Waals surface area contributed by atoms with Crippen LogP contribution in [0.4, 0.5) is 5.69 Å². The predicted octanol–water partition coefficient (Wildman–Crippen LogP) is 3.23. The van der Waals surface area contributed by atoms with Crippen LogP contribution >= 0.6 is 24.0 Å². The lowest BCUT2D eigenvalue weighted by Gasteiger charge is -2.15. The summed E-state index contributed by atoms with van der Waals surface area (Å²) in [4.78, 5) is 14.7. The van der Waals surface area contributed by atoms with Crippen LogP contribution in [0.5, 0.6) is 0 Å². The van der Waals surface area contributed by atoms with Gasteiger partial charge in [-0.15, -0.1) is 24.0 Å². The van der Waals surface area contributed by atoms with Crippen molar-refractivity contribution >= 4 is 35.6 Å². The first-order chi connectivity index (χ1) is 9.88. The fourth-order valence-corrected chi connectivity index (χ4v) is 1.55. The van der Waals surface area contributed by atoms with Crippen molar-refractivity contribution in [3.63, 3.8) is 0 Å². The van der Waals surface area contributed by atoms with E-state index in [1.807, 2.05) is 20.8 Å². The van der Waals surface area contributed by atoms with Crippen LogP contribution in [0.1, 0.15) is 26.3 Å². The number of non-ortho nitro benzene ring substituents is 1. The van der Waals surface area contributed by atoms with E-state index in [2.05, 4.69) is 22.2 Å². The Labute approximate surface area is 148 Å². The maximum atomic E-state index is 10.6. The second-order valence-electron chi connectivity index (χ2n) is 5.20. The van der Waals surface area contributed by atoms with E-state index < -0.39 is 4.92 Å². The van der Waals surface area contributed by atoms with Crippen LogP contribution in [-0.2, 0) is 6.54 Å². The zero-order valence-corrected chi connectivity index (χ0v) is 15.5. The van der Waals surface area contributed by atoms with E-state index in [1.165, 1.54) is 12.1 Å². The van der Waals surface area contributed by atoms with Crippen LogP contribution in [0.15, 0.2) is 41.4 Å². The van der Waals surface area contributed by atoms with E-state index in [1.54, 1.807) is 12.1 Å². The molecular formula is C15H23IN4O2. The maximum absolute atomic E-state index is 10.6. The molecule has 0 saturated carbocycles. The summed E-state index contributed by atoms with van der Waals surface area (Å²) in [5.41, 5.74) is 2.02. The molecule has 1 aromatic rings. The van der Waals surface area contributed by atoms with E-state index in [0.29, 0.717) is 19.0 Å². The van der Waals surface area contributed by atoms with E-state index in [4.69, 9.17) is 0 Å². The molecule has 22 heavy (non-hydrogen) atoms. The fraction of sp³-hybridized carbons (Fsp3) is 0.400. The Balaban J connectivity index is 0.00000441. The fourth-order valence-electron chi connectivity index (χ4n) is 1.55. The van der Waals surface area contributed by atoms with Gasteiger partial charge in [0.25, 0.3) is 5.69 Å². The minimum Gasteiger partial charge on any atom is -0.354 e. The van der Waals surface area contributed by atoms with E-state index in [-0.39, 0.29) is 35.7 Å². The summed E-state index contributed by atoms with van der Waals surface area (Å²) in [6.07, 6.45) is 0. The molecule has 0 bridgehead atoms. The van der Waals surface area contributed by atoms with Gasteiger partial charge in [0, 0.05) is 24.7 Å². The van der Waals surface area contributed by atoms with Gasteiger partial charge in [0.1, 0.15) is 0 Å². The van der Waals surface area contributed by atoms with Crippen LogP contribution in [0.25, 0.3) is 0 Å². The van der Waals surface area contributed by atoms with E-state index in [9.17, 15) is 10.1 Å². The van der Waals surface area contributed by atoms with Crippen LogP contribution < -0.4 is 10.6 Å². The summed E-state index contributed by atoms with van der Waals surface area (Å²) >= 11 is 0. The zero-order chi connectivity index (χ0) is 15.8. The summed E-state index contributed by atoms with van der Waals surface area (Å²) in [6.45, 7) is 11.0. The molecule has 0 unspecified atom stereocenters. The van der Waals surface area contributed by atoms with Crippen molar-refractivity contribution in [1.29, 1.82) is 0 Å². The molecule has 0 amide bonds. The molecule has 0 aliphatic heterocycles. The number of halogens is 1. The minimum absolute atomic E-state index is 0. The molecule has 1 aromatic carbocycles. The highest BCUT2D eigenvalue weighted by Crippen LogP contribution is 2.12. The van der Waals surface area contributed by atoms with Gasteiger partial charge in [0.2, 0.25) is 0 Å². The van der Waals surface area contributed by atoms with Gasteiger partial charge in [0.15, 0.2) is 5.96 Å². The second-order valence-corrected chi connectivity index (χ2v) is 5.20. The molecule has 0 spiro atoms. The molecule has 0 fully saturated rings. The van der Waals surface area contributed by atoms with Gasteiger partial charge in [-0.1, -0.05) is 24.3 Å². The van der Waals surface area contributed by atoms with Crippen LogP contribution in [0.2, 0.25) is 0 Å². The zero-order valence-electron chi connectivity index (χ0n) is 13.1. The predicted molar refractivity (Wildman–Crippen MR) is 101 cm³/mol. The molecule has 2 N–H and O–H groups in total. The largest absolute Gasteiger partial charge is 0.354 e. The highest BCUT2D eigenvalue weighted by Gasteiger charge is 2.04. The maximum Gasteiger partial charge on any atom is 0.269 e. The monoisotopic (exact) mass is 418 g/mol. The number of rotatable bonds is 6. The Hall–Kier alpha value is -1.64. The molecule has 0 radical (unpaired) electrons. The summed E-state index contributed by atoms with van der Waals surface area (Å²) < 4.78 is 0. The number of benzene rings is 1. The number of nitrogens with zero attached hydrogens (tertiary/aromatic N) is 2. The van der Waals surface area contributed by atoms with Crippen LogP contribution in [0, 0.1) is 10.1 Å². The normalized spacial score (nSPS) is 10.8. The Morgan fingerprint density at radius 1 is 1.36 bits per heavy atom. The molecule has 122 valence electrons. The van der Waals surface area contributed by atoms with Gasteiger partial charge < -0.3 is 10.6 Å². The van der Waals surface area contributed by atoms with Crippen molar-refractivity contribution in [3.8, 4) is 0 Å². The first-order valence-electron chi connectivity index (χ1n) is 6.81. The van der Waals surface area contributed by atoms with Gasteiger partial charge in [-0.2, -0.15) is 0 Å². The molecule has 7 heteroatoms. The summed E-state index contributed by atoms with van der Waals surface area (Å²) in [6, 6.07) is 6.67. The Bertz CT molecular complexity index is 527. The van der Waals surface area contributed by atoms with Crippen LogP contribution in [0.3, 0.4) is 0 Å². The van der Waals surface area contributed by atoms with Gasteiger partial charge >= 0.3 is 0 Å². The topological polar surface area (TPSA) is 79.6 Å². The lowest BCUT2D eigenvalue weighted by molar-refractivity contribution is -0.384. The molecule has 0 aromatic heterocycles. The lowest BCUT2D eigenvalue weighted by Crippen LogP contribution is -2.41. The molecule has 6 nitrogen and oxygen atoms in total. The molecule has 1 rings (SSSR count). The first kappa shape index (κ1) is 20.4. The lowest BCUT2D eigenvalue weighted by atomic mass is 10.2. The molecule has 0 atom stereocenters. The third-order valence-electron chi connectivity index (χ3n) is 2.55. The van der Waals surface area contributed by atoms with Crippen molar-refractivity contribution in [2.45, 2.75) is 33.4 Å². The number of hydrogen-bond acceptors (Lipinski definition) is 3. The third kappa shape index (κ3) is 7.96. The van der Waals surface area contributed by atoms with Gasteiger partial charge in [-0.05, 0) is 26.3 Å². The number of hydrogen-bond donors (Lipinski definition) is 2. The molecule has 0 aliphatic rings.